The van der Waals surface area contributed by atoms with Gasteiger partial charge >= 0.3 is 5.97 Å². The van der Waals surface area contributed by atoms with Crippen LogP contribution in [0.15, 0.2) is 46.6 Å². The van der Waals surface area contributed by atoms with Crippen LogP contribution in [0.5, 0.6) is 5.75 Å². The number of aryl methyl sites for hydroxylation is 1. The lowest BCUT2D eigenvalue weighted by Crippen LogP contribution is -2.40. The molecule has 2 aliphatic rings. The molecule has 1 aromatic heterocycles. The van der Waals surface area contributed by atoms with E-state index < -0.39 is 11.9 Å². The number of fused-ring (bicyclic) bond motifs is 1. The predicted molar refractivity (Wildman–Crippen MR) is 120 cm³/mol. The van der Waals surface area contributed by atoms with Crippen molar-refractivity contribution in [3.63, 3.8) is 0 Å². The van der Waals surface area contributed by atoms with Crippen molar-refractivity contribution in [3.05, 3.63) is 74.0 Å². The van der Waals surface area contributed by atoms with Crippen LogP contribution in [0.25, 0.3) is 0 Å². The Morgan fingerprint density at radius 3 is 2.69 bits per heavy atom. The first-order valence-corrected chi connectivity index (χ1v) is 10.8. The van der Waals surface area contributed by atoms with Gasteiger partial charge in [-0.1, -0.05) is 23.7 Å². The summed E-state index contributed by atoms with van der Waals surface area (Å²) in [5.41, 5.74) is 7.73. The molecule has 1 saturated heterocycles. The second kappa shape index (κ2) is 9.36. The van der Waals surface area contributed by atoms with Crippen LogP contribution in [0.4, 0.5) is 0 Å². The summed E-state index contributed by atoms with van der Waals surface area (Å²) in [6.45, 7) is 6.12. The van der Waals surface area contributed by atoms with Gasteiger partial charge in [0.2, 0.25) is 5.88 Å². The van der Waals surface area contributed by atoms with Crippen LogP contribution in [0.2, 0.25) is 5.02 Å². The zero-order chi connectivity index (χ0) is 22.8. The highest BCUT2D eigenvalue weighted by Gasteiger charge is 2.38. The number of carbonyl (C=O) groups excluding carboxylic acids is 1. The molecule has 3 heterocycles. The van der Waals surface area contributed by atoms with Crippen LogP contribution >= 0.6 is 11.6 Å². The Bertz CT molecular complexity index is 1120. The zero-order valence-electron chi connectivity index (χ0n) is 18.1. The number of morpholine rings is 1. The third-order valence-corrected chi connectivity index (χ3v) is 6.14. The number of hydrogen-bond acceptors (Lipinski definition) is 7. The molecule has 32 heavy (non-hydrogen) atoms. The highest BCUT2D eigenvalue weighted by molar-refractivity contribution is 6.30. The smallest absolute Gasteiger partial charge is 0.340 e. The van der Waals surface area contributed by atoms with Crippen LogP contribution in [0.1, 0.15) is 22.7 Å². The summed E-state index contributed by atoms with van der Waals surface area (Å²) < 4.78 is 17.8. The normalized spacial score (nSPS) is 18.8. The van der Waals surface area contributed by atoms with Crippen molar-refractivity contribution in [2.24, 2.45) is 5.73 Å². The molecule has 170 valence electrons. The summed E-state index contributed by atoms with van der Waals surface area (Å²) in [5.74, 6) is -1.16. The number of benzene rings is 1. The number of aromatic nitrogens is 1. The molecule has 0 aliphatic carbocycles. The lowest BCUT2D eigenvalue weighted by Gasteiger charge is -2.30. The van der Waals surface area contributed by atoms with Crippen LogP contribution in [0.3, 0.4) is 0 Å². The molecule has 0 radical (unpaired) electrons. The van der Waals surface area contributed by atoms with E-state index in [2.05, 4.69) is 4.90 Å². The number of hydrogen-bond donors (Lipinski definition) is 1. The fourth-order valence-corrected chi connectivity index (χ4v) is 4.46. The van der Waals surface area contributed by atoms with E-state index in [0.29, 0.717) is 48.2 Å². The Hall–Kier alpha value is -2.81. The Morgan fingerprint density at radius 2 is 2.00 bits per heavy atom. The molecule has 2 aromatic rings. The summed E-state index contributed by atoms with van der Waals surface area (Å²) in [4.78, 5) is 28.6. The van der Waals surface area contributed by atoms with Gasteiger partial charge in [-0.15, -0.1) is 0 Å². The minimum atomic E-state index is -0.757. The number of nitrogens with zero attached hydrogens (tertiary/aromatic N) is 2. The van der Waals surface area contributed by atoms with Crippen LogP contribution in [-0.4, -0.2) is 55.4 Å². The molecule has 8 nitrogen and oxygen atoms in total. The number of ether oxygens (including phenoxy) is 3. The Kier molecular flexibility index (Phi) is 6.55. The van der Waals surface area contributed by atoms with Gasteiger partial charge in [-0.2, -0.15) is 0 Å². The molecule has 2 aliphatic heterocycles. The number of pyridine rings is 1. The number of methoxy groups -OCH3 is 1. The van der Waals surface area contributed by atoms with Gasteiger partial charge in [-0.25, -0.2) is 4.79 Å². The molecule has 0 spiro atoms. The molecule has 1 unspecified atom stereocenters. The van der Waals surface area contributed by atoms with E-state index in [1.54, 1.807) is 34.9 Å². The van der Waals surface area contributed by atoms with Crippen molar-refractivity contribution >= 4 is 17.6 Å². The van der Waals surface area contributed by atoms with Crippen molar-refractivity contribution in [1.29, 1.82) is 0 Å². The monoisotopic (exact) mass is 459 g/mol. The SMILES string of the molecule is COC(=O)C1=C(N)Oc2cc(C)n(CCN3CCOCC3)c(=O)c2C1c1cccc(Cl)c1. The predicted octanol–water partition coefficient (Wildman–Crippen LogP) is 2.01. The van der Waals surface area contributed by atoms with Crippen molar-refractivity contribution in [3.8, 4) is 5.75 Å². The molecule has 0 saturated carbocycles. The molecule has 1 aromatic carbocycles. The summed E-state index contributed by atoms with van der Waals surface area (Å²) in [6, 6.07) is 8.80. The Labute approximate surface area is 191 Å². The largest absolute Gasteiger partial charge is 0.465 e. The summed E-state index contributed by atoms with van der Waals surface area (Å²) >= 11 is 6.23. The van der Waals surface area contributed by atoms with Crippen molar-refractivity contribution < 1.29 is 19.0 Å². The topological polar surface area (TPSA) is 96.0 Å². The Morgan fingerprint density at radius 1 is 1.25 bits per heavy atom. The molecule has 2 N–H and O–H groups in total. The lowest BCUT2D eigenvalue weighted by molar-refractivity contribution is -0.136. The maximum Gasteiger partial charge on any atom is 0.340 e. The van der Waals surface area contributed by atoms with E-state index in [1.165, 1.54) is 7.11 Å². The second-order valence-corrected chi connectivity index (χ2v) is 8.27. The quantitative estimate of drug-likeness (QED) is 0.683. The summed E-state index contributed by atoms with van der Waals surface area (Å²) in [7, 11) is 1.27. The van der Waals surface area contributed by atoms with E-state index in [4.69, 9.17) is 31.5 Å². The van der Waals surface area contributed by atoms with E-state index in [9.17, 15) is 9.59 Å². The minimum Gasteiger partial charge on any atom is -0.465 e. The van der Waals surface area contributed by atoms with Crippen molar-refractivity contribution in [2.75, 3.05) is 40.0 Å². The van der Waals surface area contributed by atoms with Gasteiger partial charge in [0, 0.05) is 43.0 Å². The van der Waals surface area contributed by atoms with Crippen LogP contribution < -0.4 is 16.0 Å². The maximum atomic E-state index is 13.7. The van der Waals surface area contributed by atoms with Crippen molar-refractivity contribution in [1.82, 2.24) is 9.47 Å². The molecular formula is C23H26ClN3O5. The molecule has 4 rings (SSSR count). The van der Waals surface area contributed by atoms with Gasteiger partial charge in [0.25, 0.3) is 5.56 Å². The van der Waals surface area contributed by atoms with Gasteiger partial charge in [-0.05, 0) is 24.6 Å². The standard InChI is InChI=1S/C23H26ClN3O5/c1-14-12-17-19(22(28)27(14)7-6-26-8-10-31-11-9-26)18(15-4-3-5-16(24)13-15)20(21(25)32-17)23(29)30-2/h3-5,12-13,18H,6-11,25H2,1-2H3. The fourth-order valence-electron chi connectivity index (χ4n) is 4.26. The zero-order valence-corrected chi connectivity index (χ0v) is 18.9. The number of nitrogens with two attached hydrogens (primary N) is 1. The highest BCUT2D eigenvalue weighted by Crippen LogP contribution is 2.41. The molecule has 0 amide bonds. The number of halogens is 1. The first-order chi connectivity index (χ1) is 15.4. The third-order valence-electron chi connectivity index (χ3n) is 5.90. The van der Waals surface area contributed by atoms with E-state index >= 15 is 0 Å². The van der Waals surface area contributed by atoms with Crippen LogP contribution in [0, 0.1) is 6.92 Å². The maximum absolute atomic E-state index is 13.7. The minimum absolute atomic E-state index is 0.0841. The summed E-state index contributed by atoms with van der Waals surface area (Å²) in [5, 5.41) is 0.484. The lowest BCUT2D eigenvalue weighted by atomic mass is 9.83. The van der Waals surface area contributed by atoms with Gasteiger partial charge < -0.3 is 24.5 Å². The van der Waals surface area contributed by atoms with E-state index in [1.807, 2.05) is 6.92 Å². The molecule has 1 fully saturated rings. The molecule has 1 atom stereocenters. The first kappa shape index (κ1) is 22.4. The number of carbonyl (C=O) groups is 1. The average molecular weight is 460 g/mol. The number of rotatable bonds is 5. The van der Waals surface area contributed by atoms with Crippen molar-refractivity contribution in [2.45, 2.75) is 19.4 Å². The van der Waals surface area contributed by atoms with Crippen LogP contribution in [-0.2, 0) is 20.8 Å². The molecule has 9 heteroatoms. The van der Waals surface area contributed by atoms with Gasteiger partial charge in [0.05, 0.1) is 31.8 Å². The van der Waals surface area contributed by atoms with Gasteiger partial charge in [0.15, 0.2) is 0 Å². The first-order valence-electron chi connectivity index (χ1n) is 10.5. The van der Waals surface area contributed by atoms with E-state index in [0.717, 1.165) is 18.8 Å². The molecule has 0 bridgehead atoms. The van der Waals surface area contributed by atoms with Gasteiger partial charge in [-0.3, -0.25) is 9.69 Å². The number of esters is 1. The summed E-state index contributed by atoms with van der Waals surface area (Å²) in [6.07, 6.45) is 0. The third kappa shape index (κ3) is 4.26. The highest BCUT2D eigenvalue weighted by atomic mass is 35.5. The Balaban J connectivity index is 1.81. The van der Waals surface area contributed by atoms with Gasteiger partial charge in [0.1, 0.15) is 11.3 Å². The molecular weight excluding hydrogens is 434 g/mol. The van der Waals surface area contributed by atoms with E-state index in [-0.39, 0.29) is 17.0 Å². The fraction of sp³-hybridized carbons (Fsp3) is 0.391. The second-order valence-electron chi connectivity index (χ2n) is 7.83. The average Bonchev–Trinajstić information content (AvgIpc) is 2.78.